The summed E-state index contributed by atoms with van der Waals surface area (Å²) in [5.74, 6) is -0.782. The first-order valence-electron chi connectivity index (χ1n) is 8.91. The van der Waals surface area contributed by atoms with Crippen molar-refractivity contribution in [1.29, 1.82) is 0 Å². The predicted octanol–water partition coefficient (Wildman–Crippen LogP) is 2.36. The number of hydrogen-bond acceptors (Lipinski definition) is 4. The number of nitrogens with zero attached hydrogens (tertiary/aromatic N) is 1. The molecule has 2 heterocycles. The lowest BCUT2D eigenvalue weighted by atomic mass is 9.74. The fraction of sp³-hybridized carbons (Fsp3) is 0.632. The van der Waals surface area contributed by atoms with E-state index in [2.05, 4.69) is 23.1 Å². The number of carboxylic acid groups (broad SMARTS) is 1. The summed E-state index contributed by atoms with van der Waals surface area (Å²) >= 11 is 0. The third-order valence-electron chi connectivity index (χ3n) is 5.79. The van der Waals surface area contributed by atoms with Gasteiger partial charge in [0.2, 0.25) is 0 Å². The second kappa shape index (κ2) is 6.47. The van der Waals surface area contributed by atoms with E-state index >= 15 is 0 Å². The SMILES string of the molecule is O=C(O)CC1CN(Cc2ccc3c(c2)COCC3)C2(CCC2)CO1. The molecule has 1 atom stereocenters. The van der Waals surface area contributed by atoms with E-state index in [-0.39, 0.29) is 18.1 Å². The molecule has 1 aromatic carbocycles. The maximum absolute atomic E-state index is 11.0. The van der Waals surface area contributed by atoms with Gasteiger partial charge >= 0.3 is 5.97 Å². The van der Waals surface area contributed by atoms with Crippen LogP contribution in [0.25, 0.3) is 0 Å². The quantitative estimate of drug-likeness (QED) is 0.918. The lowest BCUT2D eigenvalue weighted by molar-refractivity contribution is -0.161. The molecule has 1 saturated carbocycles. The van der Waals surface area contributed by atoms with Crippen molar-refractivity contribution >= 4 is 5.97 Å². The number of ether oxygens (including phenoxy) is 2. The van der Waals surface area contributed by atoms with Crippen molar-refractivity contribution in [2.75, 3.05) is 19.8 Å². The Balaban J connectivity index is 1.50. The molecule has 24 heavy (non-hydrogen) atoms. The number of carboxylic acids is 1. The molecule has 0 bridgehead atoms. The zero-order valence-electron chi connectivity index (χ0n) is 14.0. The standard InChI is InChI=1S/C19H25NO4/c21-18(22)9-17-11-20(19(13-24-17)5-1-6-19)10-14-2-3-15-4-7-23-12-16(15)8-14/h2-3,8,17H,1,4-7,9-13H2,(H,21,22). The van der Waals surface area contributed by atoms with Gasteiger partial charge in [0.1, 0.15) is 0 Å². The molecule has 1 spiro atoms. The Hall–Kier alpha value is -1.43. The van der Waals surface area contributed by atoms with Crippen molar-refractivity contribution in [3.8, 4) is 0 Å². The van der Waals surface area contributed by atoms with E-state index in [9.17, 15) is 4.79 Å². The molecule has 1 unspecified atom stereocenters. The van der Waals surface area contributed by atoms with Gasteiger partial charge in [0.25, 0.3) is 0 Å². The van der Waals surface area contributed by atoms with Crippen molar-refractivity contribution in [2.45, 2.75) is 56.9 Å². The number of hydrogen-bond donors (Lipinski definition) is 1. The van der Waals surface area contributed by atoms with Crippen LogP contribution in [0.15, 0.2) is 18.2 Å². The molecular formula is C19H25NO4. The van der Waals surface area contributed by atoms with Crippen LogP contribution in [0.5, 0.6) is 0 Å². The minimum Gasteiger partial charge on any atom is -0.481 e. The summed E-state index contributed by atoms with van der Waals surface area (Å²) in [7, 11) is 0. The van der Waals surface area contributed by atoms with Gasteiger partial charge in [-0.15, -0.1) is 0 Å². The molecule has 0 radical (unpaired) electrons. The molecule has 1 aliphatic carbocycles. The molecule has 5 nitrogen and oxygen atoms in total. The zero-order chi connectivity index (χ0) is 16.6. The molecule has 5 heteroatoms. The highest BCUT2D eigenvalue weighted by atomic mass is 16.5. The van der Waals surface area contributed by atoms with Crippen molar-refractivity contribution < 1.29 is 19.4 Å². The molecule has 0 aromatic heterocycles. The average molecular weight is 331 g/mol. The van der Waals surface area contributed by atoms with Gasteiger partial charge in [0.15, 0.2) is 0 Å². The van der Waals surface area contributed by atoms with Crippen LogP contribution in [0.3, 0.4) is 0 Å². The van der Waals surface area contributed by atoms with Gasteiger partial charge < -0.3 is 14.6 Å². The lowest BCUT2D eigenvalue weighted by Gasteiger charge is -2.54. The van der Waals surface area contributed by atoms with Crippen LogP contribution in [0.2, 0.25) is 0 Å². The number of morpholine rings is 1. The third-order valence-corrected chi connectivity index (χ3v) is 5.79. The third kappa shape index (κ3) is 3.08. The fourth-order valence-electron chi connectivity index (χ4n) is 4.19. The van der Waals surface area contributed by atoms with E-state index in [4.69, 9.17) is 14.6 Å². The summed E-state index contributed by atoms with van der Waals surface area (Å²) in [6.07, 6.45) is 4.43. The van der Waals surface area contributed by atoms with E-state index in [0.717, 1.165) is 32.4 Å². The van der Waals surface area contributed by atoms with E-state index in [0.29, 0.717) is 19.8 Å². The highest BCUT2D eigenvalue weighted by Crippen LogP contribution is 2.42. The molecule has 1 N–H and O–H groups in total. The molecule has 1 aromatic rings. The second-order valence-corrected chi connectivity index (χ2v) is 7.39. The van der Waals surface area contributed by atoms with Crippen LogP contribution in [-0.4, -0.2) is 47.4 Å². The first-order valence-corrected chi connectivity index (χ1v) is 8.91. The number of aliphatic carboxylic acids is 1. The van der Waals surface area contributed by atoms with Gasteiger partial charge in [-0.25, -0.2) is 0 Å². The number of rotatable bonds is 4. The van der Waals surface area contributed by atoms with E-state index in [1.54, 1.807) is 0 Å². The van der Waals surface area contributed by atoms with Gasteiger partial charge in [-0.05, 0) is 42.4 Å². The Bertz CT molecular complexity index is 626. The van der Waals surface area contributed by atoms with Crippen LogP contribution in [0, 0.1) is 0 Å². The predicted molar refractivity (Wildman–Crippen MR) is 88.8 cm³/mol. The monoisotopic (exact) mass is 331 g/mol. The Morgan fingerprint density at radius 1 is 1.33 bits per heavy atom. The van der Waals surface area contributed by atoms with Crippen molar-refractivity contribution in [2.24, 2.45) is 0 Å². The Morgan fingerprint density at radius 3 is 2.96 bits per heavy atom. The van der Waals surface area contributed by atoms with Crippen LogP contribution in [-0.2, 0) is 33.8 Å². The maximum atomic E-state index is 11.0. The summed E-state index contributed by atoms with van der Waals surface area (Å²) in [5, 5.41) is 9.06. The smallest absolute Gasteiger partial charge is 0.306 e. The van der Waals surface area contributed by atoms with E-state index in [1.165, 1.54) is 23.1 Å². The van der Waals surface area contributed by atoms with Crippen molar-refractivity contribution in [1.82, 2.24) is 4.90 Å². The molecule has 130 valence electrons. The highest BCUT2D eigenvalue weighted by Gasteiger charge is 2.46. The minimum atomic E-state index is -0.782. The van der Waals surface area contributed by atoms with Crippen LogP contribution in [0.4, 0.5) is 0 Å². The first-order chi connectivity index (χ1) is 11.6. The van der Waals surface area contributed by atoms with Crippen molar-refractivity contribution in [3.63, 3.8) is 0 Å². The Kier molecular flexibility index (Phi) is 4.33. The molecular weight excluding hydrogens is 306 g/mol. The molecule has 1 saturated heterocycles. The molecule has 2 fully saturated rings. The van der Waals surface area contributed by atoms with E-state index < -0.39 is 5.97 Å². The summed E-state index contributed by atoms with van der Waals surface area (Å²) in [6.45, 7) is 3.76. The Morgan fingerprint density at radius 2 is 2.21 bits per heavy atom. The maximum Gasteiger partial charge on any atom is 0.306 e. The summed E-state index contributed by atoms with van der Waals surface area (Å²) in [4.78, 5) is 13.5. The van der Waals surface area contributed by atoms with Gasteiger partial charge in [-0.2, -0.15) is 0 Å². The van der Waals surface area contributed by atoms with Crippen LogP contribution in [0.1, 0.15) is 42.4 Å². The number of benzene rings is 1. The number of carbonyl (C=O) groups is 1. The topological polar surface area (TPSA) is 59.0 Å². The fourth-order valence-corrected chi connectivity index (χ4v) is 4.19. The lowest BCUT2D eigenvalue weighted by Crippen LogP contribution is -2.62. The van der Waals surface area contributed by atoms with Gasteiger partial charge in [0, 0.05) is 18.6 Å². The number of fused-ring (bicyclic) bond motifs is 1. The van der Waals surface area contributed by atoms with Crippen LogP contribution < -0.4 is 0 Å². The normalized spacial score (nSPS) is 25.9. The van der Waals surface area contributed by atoms with Gasteiger partial charge in [-0.1, -0.05) is 18.2 Å². The molecule has 3 aliphatic rings. The second-order valence-electron chi connectivity index (χ2n) is 7.39. The van der Waals surface area contributed by atoms with Crippen LogP contribution >= 0.6 is 0 Å². The molecule has 0 amide bonds. The van der Waals surface area contributed by atoms with E-state index in [1.807, 2.05) is 0 Å². The van der Waals surface area contributed by atoms with Crippen molar-refractivity contribution in [3.05, 3.63) is 34.9 Å². The first kappa shape index (κ1) is 16.1. The Labute approximate surface area is 142 Å². The summed E-state index contributed by atoms with van der Waals surface area (Å²) in [5.41, 5.74) is 4.12. The van der Waals surface area contributed by atoms with Gasteiger partial charge in [-0.3, -0.25) is 9.69 Å². The average Bonchev–Trinajstić information content (AvgIpc) is 2.53. The minimum absolute atomic E-state index is 0.0879. The van der Waals surface area contributed by atoms with Gasteiger partial charge in [0.05, 0.1) is 32.3 Å². The summed E-state index contributed by atoms with van der Waals surface area (Å²) in [6, 6.07) is 6.72. The largest absolute Gasteiger partial charge is 0.481 e. The highest BCUT2D eigenvalue weighted by molar-refractivity contribution is 5.67. The molecule has 2 aliphatic heterocycles. The molecule has 4 rings (SSSR count). The zero-order valence-corrected chi connectivity index (χ0v) is 14.0. The summed E-state index contributed by atoms with van der Waals surface area (Å²) < 4.78 is 11.4.